The van der Waals surface area contributed by atoms with Crippen LogP contribution in [0.25, 0.3) is 0 Å². The van der Waals surface area contributed by atoms with Gasteiger partial charge in [-0.15, -0.1) is 0 Å². The predicted octanol–water partition coefficient (Wildman–Crippen LogP) is 4.19. The molecule has 2 aromatic carbocycles. The standard InChI is InChI=1S/C13H8BrFO2/c14-10-5-6-13(11(15)7-10)17-12-4-2-1-3-9(12)8-16/h1-8H. The minimum atomic E-state index is -0.486. The summed E-state index contributed by atoms with van der Waals surface area (Å²) in [7, 11) is 0. The number of halogens is 2. The molecule has 0 spiro atoms. The van der Waals surface area contributed by atoms with E-state index in [-0.39, 0.29) is 5.75 Å². The molecule has 2 aromatic rings. The van der Waals surface area contributed by atoms with E-state index in [1.807, 2.05) is 0 Å². The summed E-state index contributed by atoms with van der Waals surface area (Å²) in [6.07, 6.45) is 0.673. The Morgan fingerprint density at radius 1 is 1.12 bits per heavy atom. The third kappa shape index (κ3) is 2.71. The minimum absolute atomic E-state index is 0.0856. The molecule has 0 aliphatic heterocycles. The molecule has 86 valence electrons. The van der Waals surface area contributed by atoms with Crippen LogP contribution in [0.3, 0.4) is 0 Å². The van der Waals surface area contributed by atoms with Gasteiger partial charge in [-0.25, -0.2) is 4.39 Å². The fourth-order valence-corrected chi connectivity index (χ4v) is 1.68. The minimum Gasteiger partial charge on any atom is -0.454 e. The molecule has 0 unspecified atom stereocenters. The van der Waals surface area contributed by atoms with Gasteiger partial charge in [0.2, 0.25) is 0 Å². The molecule has 0 bridgehead atoms. The number of hydrogen-bond donors (Lipinski definition) is 0. The monoisotopic (exact) mass is 294 g/mol. The van der Waals surface area contributed by atoms with Crippen LogP contribution < -0.4 is 4.74 Å². The van der Waals surface area contributed by atoms with Crippen molar-refractivity contribution < 1.29 is 13.9 Å². The van der Waals surface area contributed by atoms with E-state index in [4.69, 9.17) is 4.74 Å². The lowest BCUT2D eigenvalue weighted by molar-refractivity contribution is 0.112. The quantitative estimate of drug-likeness (QED) is 0.793. The number of rotatable bonds is 3. The second kappa shape index (κ2) is 5.10. The Morgan fingerprint density at radius 3 is 2.59 bits per heavy atom. The Bertz CT molecular complexity index is 555. The number of benzene rings is 2. The molecule has 0 aliphatic carbocycles. The third-order valence-electron chi connectivity index (χ3n) is 2.16. The lowest BCUT2D eigenvalue weighted by Gasteiger charge is -2.08. The summed E-state index contributed by atoms with van der Waals surface area (Å²) in [5, 5.41) is 0. The summed E-state index contributed by atoms with van der Waals surface area (Å²) in [4.78, 5) is 10.8. The molecule has 0 amide bonds. The van der Waals surface area contributed by atoms with Crippen molar-refractivity contribution >= 4 is 22.2 Å². The van der Waals surface area contributed by atoms with Gasteiger partial charge in [0, 0.05) is 4.47 Å². The first kappa shape index (κ1) is 11.8. The number of aldehydes is 1. The first-order chi connectivity index (χ1) is 8.20. The molecular weight excluding hydrogens is 287 g/mol. The van der Waals surface area contributed by atoms with Gasteiger partial charge in [-0.05, 0) is 30.3 Å². The zero-order chi connectivity index (χ0) is 12.3. The van der Waals surface area contributed by atoms with Crippen LogP contribution in [-0.2, 0) is 0 Å². The van der Waals surface area contributed by atoms with Crippen LogP contribution >= 0.6 is 15.9 Å². The van der Waals surface area contributed by atoms with Gasteiger partial charge in [0.25, 0.3) is 0 Å². The van der Waals surface area contributed by atoms with Gasteiger partial charge in [0.15, 0.2) is 17.9 Å². The molecule has 4 heteroatoms. The second-order valence-corrected chi connectivity index (χ2v) is 4.25. The summed E-state index contributed by atoms with van der Waals surface area (Å²) in [6.45, 7) is 0. The van der Waals surface area contributed by atoms with E-state index in [0.717, 1.165) is 0 Å². The largest absolute Gasteiger partial charge is 0.454 e. The highest BCUT2D eigenvalue weighted by molar-refractivity contribution is 9.10. The van der Waals surface area contributed by atoms with Crippen molar-refractivity contribution in [3.05, 3.63) is 58.3 Å². The summed E-state index contributed by atoms with van der Waals surface area (Å²) >= 11 is 3.16. The molecule has 0 saturated heterocycles. The van der Waals surface area contributed by atoms with Gasteiger partial charge in [-0.2, -0.15) is 0 Å². The zero-order valence-corrected chi connectivity index (χ0v) is 10.3. The first-order valence-corrected chi connectivity index (χ1v) is 5.67. The van der Waals surface area contributed by atoms with Gasteiger partial charge in [-0.1, -0.05) is 28.1 Å². The van der Waals surface area contributed by atoms with Crippen molar-refractivity contribution in [2.45, 2.75) is 0 Å². The van der Waals surface area contributed by atoms with Crippen molar-refractivity contribution in [1.29, 1.82) is 0 Å². The van der Waals surface area contributed by atoms with Gasteiger partial charge in [0.1, 0.15) is 5.75 Å². The van der Waals surface area contributed by atoms with Crippen molar-refractivity contribution in [3.63, 3.8) is 0 Å². The molecule has 0 saturated carbocycles. The van der Waals surface area contributed by atoms with Crippen molar-refractivity contribution in [3.8, 4) is 11.5 Å². The average Bonchev–Trinajstić information content (AvgIpc) is 2.33. The van der Waals surface area contributed by atoms with Crippen LogP contribution in [0.2, 0.25) is 0 Å². The fourth-order valence-electron chi connectivity index (χ4n) is 1.35. The number of hydrogen-bond acceptors (Lipinski definition) is 2. The Labute approximate surface area is 106 Å². The molecule has 17 heavy (non-hydrogen) atoms. The Morgan fingerprint density at radius 2 is 1.88 bits per heavy atom. The molecule has 0 aliphatic rings. The van der Waals surface area contributed by atoms with Crippen molar-refractivity contribution in [2.75, 3.05) is 0 Å². The molecule has 0 fully saturated rings. The van der Waals surface area contributed by atoms with E-state index in [2.05, 4.69) is 15.9 Å². The predicted molar refractivity (Wildman–Crippen MR) is 66.0 cm³/mol. The van der Waals surface area contributed by atoms with Crippen LogP contribution in [0, 0.1) is 5.82 Å². The molecule has 0 atom stereocenters. The first-order valence-electron chi connectivity index (χ1n) is 4.88. The average molecular weight is 295 g/mol. The van der Waals surface area contributed by atoms with Crippen LogP contribution in [0.5, 0.6) is 11.5 Å². The van der Waals surface area contributed by atoms with E-state index in [9.17, 15) is 9.18 Å². The van der Waals surface area contributed by atoms with Crippen LogP contribution in [0.15, 0.2) is 46.9 Å². The van der Waals surface area contributed by atoms with Gasteiger partial charge < -0.3 is 4.74 Å². The van der Waals surface area contributed by atoms with Crippen LogP contribution in [0.1, 0.15) is 10.4 Å². The molecule has 0 N–H and O–H groups in total. The highest BCUT2D eigenvalue weighted by atomic mass is 79.9. The Balaban J connectivity index is 2.34. The number of carbonyl (C=O) groups excluding carboxylic acids is 1. The molecule has 2 rings (SSSR count). The lowest BCUT2D eigenvalue weighted by atomic mass is 10.2. The van der Waals surface area contributed by atoms with Gasteiger partial charge >= 0.3 is 0 Å². The Kier molecular flexibility index (Phi) is 3.54. The van der Waals surface area contributed by atoms with Crippen molar-refractivity contribution in [1.82, 2.24) is 0 Å². The summed E-state index contributed by atoms with van der Waals surface area (Å²) in [5.74, 6) is -0.0636. The topological polar surface area (TPSA) is 26.3 Å². The molecule has 0 aromatic heterocycles. The highest BCUT2D eigenvalue weighted by Gasteiger charge is 2.07. The maximum Gasteiger partial charge on any atom is 0.166 e. The normalized spacial score (nSPS) is 10.0. The molecule has 0 radical (unpaired) electrons. The van der Waals surface area contributed by atoms with Crippen molar-refractivity contribution in [2.24, 2.45) is 0 Å². The molecule has 0 heterocycles. The summed E-state index contributed by atoms with van der Waals surface area (Å²) < 4.78 is 19.5. The SMILES string of the molecule is O=Cc1ccccc1Oc1ccc(Br)cc1F. The maximum atomic E-state index is 13.5. The number of para-hydroxylation sites is 1. The lowest BCUT2D eigenvalue weighted by Crippen LogP contribution is -1.92. The third-order valence-corrected chi connectivity index (χ3v) is 2.65. The molecular formula is C13H8BrFO2. The number of ether oxygens (including phenoxy) is 1. The van der Waals surface area contributed by atoms with E-state index in [1.54, 1.807) is 30.3 Å². The Hall–Kier alpha value is -1.68. The molecule has 2 nitrogen and oxygen atoms in total. The zero-order valence-electron chi connectivity index (χ0n) is 8.69. The highest BCUT2D eigenvalue weighted by Crippen LogP contribution is 2.28. The van der Waals surface area contributed by atoms with Gasteiger partial charge in [-0.3, -0.25) is 4.79 Å². The van der Waals surface area contributed by atoms with E-state index in [1.165, 1.54) is 12.1 Å². The summed E-state index contributed by atoms with van der Waals surface area (Å²) in [5.41, 5.74) is 0.384. The van der Waals surface area contributed by atoms with E-state index in [0.29, 0.717) is 22.1 Å². The van der Waals surface area contributed by atoms with Crippen LogP contribution in [0.4, 0.5) is 4.39 Å². The smallest absolute Gasteiger partial charge is 0.166 e. The van der Waals surface area contributed by atoms with E-state index < -0.39 is 5.82 Å². The van der Waals surface area contributed by atoms with E-state index >= 15 is 0 Å². The fraction of sp³-hybridized carbons (Fsp3) is 0. The maximum absolute atomic E-state index is 13.5. The number of carbonyl (C=O) groups is 1. The van der Waals surface area contributed by atoms with Gasteiger partial charge in [0.05, 0.1) is 5.56 Å². The van der Waals surface area contributed by atoms with Crippen LogP contribution in [-0.4, -0.2) is 6.29 Å². The second-order valence-electron chi connectivity index (χ2n) is 3.33. The summed E-state index contributed by atoms with van der Waals surface area (Å²) in [6, 6.07) is 11.1.